The molecule has 0 bridgehead atoms. The summed E-state index contributed by atoms with van der Waals surface area (Å²) in [5, 5.41) is 14.6. The number of aryl methyl sites for hydroxylation is 3. The molecule has 0 saturated heterocycles. The summed E-state index contributed by atoms with van der Waals surface area (Å²) in [5.41, 5.74) is 3.33. The molecule has 2 aromatic heterocycles. The summed E-state index contributed by atoms with van der Waals surface area (Å²) in [7, 11) is 0. The van der Waals surface area contributed by atoms with Gasteiger partial charge in [0.05, 0.1) is 18.1 Å². The van der Waals surface area contributed by atoms with E-state index in [0.717, 1.165) is 22.1 Å². The third-order valence-electron chi connectivity index (χ3n) is 5.60. The molecule has 1 amide bonds. The van der Waals surface area contributed by atoms with Gasteiger partial charge in [0.15, 0.2) is 0 Å². The van der Waals surface area contributed by atoms with Crippen LogP contribution in [0.5, 0.6) is 0 Å². The first kappa shape index (κ1) is 19.9. The molecule has 2 aromatic carbocycles. The Labute approximate surface area is 173 Å². The highest BCUT2D eigenvalue weighted by Crippen LogP contribution is 2.31. The zero-order chi connectivity index (χ0) is 21.4. The Hall–Kier alpha value is -3.38. The molecule has 6 nitrogen and oxygen atoms in total. The highest BCUT2D eigenvalue weighted by Gasteiger charge is 2.18. The van der Waals surface area contributed by atoms with Gasteiger partial charge in [-0.25, -0.2) is 4.79 Å². The van der Waals surface area contributed by atoms with E-state index in [1.165, 1.54) is 0 Å². The number of furan rings is 1. The molecular weight excluding hydrogens is 382 g/mol. The van der Waals surface area contributed by atoms with Crippen molar-refractivity contribution in [1.82, 2.24) is 5.32 Å². The van der Waals surface area contributed by atoms with Gasteiger partial charge in [0.1, 0.15) is 16.9 Å². The number of hydrogen-bond acceptors (Lipinski definition) is 5. The van der Waals surface area contributed by atoms with E-state index in [0.29, 0.717) is 27.9 Å². The van der Waals surface area contributed by atoms with Crippen LogP contribution in [0.3, 0.4) is 0 Å². The summed E-state index contributed by atoms with van der Waals surface area (Å²) in [6, 6.07) is 12.7. The third-order valence-corrected chi connectivity index (χ3v) is 5.60. The predicted octanol–water partition coefficient (Wildman–Crippen LogP) is 3.86. The van der Waals surface area contributed by atoms with Crippen molar-refractivity contribution in [2.45, 2.75) is 33.3 Å². The molecule has 1 unspecified atom stereocenters. The van der Waals surface area contributed by atoms with Crippen LogP contribution in [0.1, 0.15) is 34.1 Å². The van der Waals surface area contributed by atoms with Crippen molar-refractivity contribution in [2.24, 2.45) is 0 Å². The van der Waals surface area contributed by atoms with E-state index in [1.807, 2.05) is 45.0 Å². The van der Waals surface area contributed by atoms with E-state index >= 15 is 0 Å². The Kier molecular flexibility index (Phi) is 5.18. The summed E-state index contributed by atoms with van der Waals surface area (Å²) >= 11 is 0. The summed E-state index contributed by atoms with van der Waals surface area (Å²) in [5.74, 6) is 0.466. The fraction of sp³-hybridized carbons (Fsp3) is 0.250. The maximum absolute atomic E-state index is 12.5. The van der Waals surface area contributed by atoms with Gasteiger partial charge in [0, 0.05) is 23.4 Å². The van der Waals surface area contributed by atoms with Gasteiger partial charge in [-0.2, -0.15) is 0 Å². The van der Waals surface area contributed by atoms with Crippen molar-refractivity contribution in [3.8, 4) is 0 Å². The molecule has 30 heavy (non-hydrogen) atoms. The van der Waals surface area contributed by atoms with Gasteiger partial charge in [0.2, 0.25) is 5.91 Å². The second kappa shape index (κ2) is 7.80. The zero-order valence-corrected chi connectivity index (χ0v) is 17.1. The van der Waals surface area contributed by atoms with Gasteiger partial charge >= 0.3 is 5.63 Å². The summed E-state index contributed by atoms with van der Waals surface area (Å²) < 4.78 is 11.2. The zero-order valence-electron chi connectivity index (χ0n) is 17.1. The van der Waals surface area contributed by atoms with Crippen LogP contribution in [-0.4, -0.2) is 17.6 Å². The number of rotatable bonds is 5. The monoisotopic (exact) mass is 405 g/mol. The third kappa shape index (κ3) is 3.62. The van der Waals surface area contributed by atoms with Crippen LogP contribution in [0.4, 0.5) is 0 Å². The fourth-order valence-corrected chi connectivity index (χ4v) is 3.66. The number of aliphatic hydroxyl groups is 1. The van der Waals surface area contributed by atoms with Crippen molar-refractivity contribution in [2.75, 3.05) is 6.54 Å². The molecule has 0 saturated carbocycles. The first-order chi connectivity index (χ1) is 14.3. The lowest BCUT2D eigenvalue weighted by atomic mass is 10.0. The number of fused-ring (bicyclic) bond motifs is 2. The molecule has 154 valence electrons. The topological polar surface area (TPSA) is 92.7 Å². The molecule has 2 N–H and O–H groups in total. The minimum absolute atomic E-state index is 0.0644. The number of benzene rings is 2. The second-order valence-corrected chi connectivity index (χ2v) is 7.53. The molecule has 0 aliphatic heterocycles. The first-order valence-electron chi connectivity index (χ1n) is 9.81. The van der Waals surface area contributed by atoms with Crippen LogP contribution in [0.2, 0.25) is 0 Å². The van der Waals surface area contributed by atoms with E-state index in [-0.39, 0.29) is 18.9 Å². The van der Waals surface area contributed by atoms with Gasteiger partial charge in [-0.15, -0.1) is 0 Å². The highest BCUT2D eigenvalue weighted by molar-refractivity contribution is 5.97. The number of carbonyl (C=O) groups is 1. The smallest absolute Gasteiger partial charge is 0.340 e. The number of nitrogens with one attached hydrogen (secondary N) is 1. The minimum Gasteiger partial charge on any atom is -0.461 e. The quantitative estimate of drug-likeness (QED) is 0.492. The summed E-state index contributed by atoms with van der Waals surface area (Å²) in [6.07, 6.45) is -0.933. The number of amides is 1. The Bertz CT molecular complexity index is 1300. The van der Waals surface area contributed by atoms with Crippen LogP contribution in [0.15, 0.2) is 56.1 Å². The molecule has 0 radical (unpaired) electrons. The molecule has 0 fully saturated rings. The van der Waals surface area contributed by atoms with Gasteiger partial charge in [0.25, 0.3) is 0 Å². The lowest BCUT2D eigenvalue weighted by Crippen LogP contribution is -2.31. The number of hydrogen-bond donors (Lipinski definition) is 2. The molecule has 2 heterocycles. The number of carbonyl (C=O) groups excluding carboxylic acids is 1. The van der Waals surface area contributed by atoms with Gasteiger partial charge in [-0.1, -0.05) is 30.3 Å². The molecule has 1 atom stereocenters. The predicted molar refractivity (Wildman–Crippen MR) is 115 cm³/mol. The van der Waals surface area contributed by atoms with Crippen LogP contribution >= 0.6 is 0 Å². The average Bonchev–Trinajstić information content (AvgIpc) is 3.01. The average molecular weight is 405 g/mol. The van der Waals surface area contributed by atoms with Crippen LogP contribution in [0, 0.1) is 20.8 Å². The van der Waals surface area contributed by atoms with Crippen LogP contribution in [0.25, 0.3) is 21.9 Å². The molecular formula is C24H23NO5. The molecule has 0 aliphatic rings. The highest BCUT2D eigenvalue weighted by atomic mass is 16.4. The first-order valence-corrected chi connectivity index (χ1v) is 9.81. The SMILES string of the molecule is Cc1oc2cc3oc(=O)c(CC(=O)NCC(O)c4ccccc4)c(C)c3cc2c1C. The lowest BCUT2D eigenvalue weighted by molar-refractivity contribution is -0.120. The van der Waals surface area contributed by atoms with E-state index in [9.17, 15) is 14.7 Å². The Morgan fingerprint density at radius 1 is 1.00 bits per heavy atom. The van der Waals surface area contributed by atoms with Gasteiger partial charge in [-0.3, -0.25) is 4.79 Å². The summed E-state index contributed by atoms with van der Waals surface area (Å²) in [4.78, 5) is 25.0. The Morgan fingerprint density at radius 2 is 1.67 bits per heavy atom. The van der Waals surface area contributed by atoms with Crippen molar-refractivity contribution in [3.63, 3.8) is 0 Å². The maximum atomic E-state index is 12.5. The van der Waals surface area contributed by atoms with Crippen molar-refractivity contribution in [3.05, 3.63) is 80.9 Å². The standard InChI is InChI=1S/C24H23NO5/c1-13-15(3)29-21-11-22-18(9-17(13)21)14(2)19(24(28)30-22)10-23(27)25-12-20(26)16-7-5-4-6-8-16/h4-9,11,20,26H,10,12H2,1-3H3,(H,25,27). The summed E-state index contributed by atoms with van der Waals surface area (Å²) in [6.45, 7) is 5.75. The molecule has 4 rings (SSSR count). The van der Waals surface area contributed by atoms with E-state index in [1.54, 1.807) is 18.2 Å². The van der Waals surface area contributed by atoms with Gasteiger partial charge < -0.3 is 19.3 Å². The van der Waals surface area contributed by atoms with E-state index in [4.69, 9.17) is 8.83 Å². The fourth-order valence-electron chi connectivity index (χ4n) is 3.66. The van der Waals surface area contributed by atoms with Crippen molar-refractivity contribution >= 4 is 27.8 Å². The molecule has 6 heteroatoms. The Balaban J connectivity index is 1.59. The molecule has 0 spiro atoms. The maximum Gasteiger partial charge on any atom is 0.340 e. The molecule has 4 aromatic rings. The lowest BCUT2D eigenvalue weighted by Gasteiger charge is -2.13. The van der Waals surface area contributed by atoms with Crippen molar-refractivity contribution < 1.29 is 18.7 Å². The van der Waals surface area contributed by atoms with Crippen LogP contribution in [-0.2, 0) is 11.2 Å². The molecule has 0 aliphatic carbocycles. The van der Waals surface area contributed by atoms with Gasteiger partial charge in [-0.05, 0) is 43.5 Å². The largest absolute Gasteiger partial charge is 0.461 e. The Morgan fingerprint density at radius 3 is 2.40 bits per heavy atom. The van der Waals surface area contributed by atoms with Crippen LogP contribution < -0.4 is 10.9 Å². The van der Waals surface area contributed by atoms with E-state index < -0.39 is 11.7 Å². The normalized spacial score (nSPS) is 12.4. The minimum atomic E-state index is -0.815. The second-order valence-electron chi connectivity index (χ2n) is 7.53. The van der Waals surface area contributed by atoms with E-state index in [2.05, 4.69) is 5.32 Å². The number of aliphatic hydroxyl groups excluding tert-OH is 1. The van der Waals surface area contributed by atoms with Crippen molar-refractivity contribution in [1.29, 1.82) is 0 Å².